The van der Waals surface area contributed by atoms with E-state index in [0.717, 1.165) is 116 Å². The first kappa shape index (κ1) is 67.3. The van der Waals surface area contributed by atoms with Crippen LogP contribution in [0.15, 0.2) is 97.2 Å². The number of hydrogen-bond acceptors (Lipinski definition) is 6. The van der Waals surface area contributed by atoms with E-state index in [0.29, 0.717) is 19.3 Å². The molecule has 6 nitrogen and oxygen atoms in total. The van der Waals surface area contributed by atoms with Crippen molar-refractivity contribution in [2.24, 2.45) is 0 Å². The summed E-state index contributed by atoms with van der Waals surface area (Å²) < 4.78 is 16.9. The zero-order chi connectivity index (χ0) is 51.4. The van der Waals surface area contributed by atoms with Crippen molar-refractivity contribution in [2.75, 3.05) is 13.2 Å². The van der Waals surface area contributed by atoms with Gasteiger partial charge >= 0.3 is 17.9 Å². The molecule has 1 unspecified atom stereocenters. The molecule has 0 rings (SSSR count). The van der Waals surface area contributed by atoms with Crippen LogP contribution in [0.4, 0.5) is 0 Å². The van der Waals surface area contributed by atoms with Gasteiger partial charge in [0, 0.05) is 19.3 Å². The SMILES string of the molecule is CC/C=C\C/C=C\C/C=C\C/C=C\CCCCCCC(=O)OC(COC(=O)CCCCCCCC/C=C\C/C=C\C/C=C\CCCCC)COC(=O)CCCCCCCCC/C=C\CCCCCCCC. The molecule has 71 heavy (non-hydrogen) atoms. The van der Waals surface area contributed by atoms with Crippen LogP contribution in [0.2, 0.25) is 0 Å². The molecule has 0 heterocycles. The van der Waals surface area contributed by atoms with Crippen LogP contribution >= 0.6 is 0 Å². The van der Waals surface area contributed by atoms with Crippen LogP contribution in [0.25, 0.3) is 0 Å². The predicted octanol–water partition coefficient (Wildman–Crippen LogP) is 20.1. The van der Waals surface area contributed by atoms with Crippen LogP contribution in [0.1, 0.15) is 278 Å². The molecular weight excluding hydrogens is 877 g/mol. The summed E-state index contributed by atoms with van der Waals surface area (Å²) in [5.41, 5.74) is 0. The number of rotatable bonds is 53. The summed E-state index contributed by atoms with van der Waals surface area (Å²) in [5, 5.41) is 0. The molecule has 0 aliphatic carbocycles. The van der Waals surface area contributed by atoms with Crippen LogP contribution < -0.4 is 0 Å². The van der Waals surface area contributed by atoms with Crippen LogP contribution in [0.3, 0.4) is 0 Å². The molecular formula is C65H110O6. The Balaban J connectivity index is 4.46. The Morgan fingerprint density at radius 3 is 0.901 bits per heavy atom. The van der Waals surface area contributed by atoms with E-state index in [9.17, 15) is 14.4 Å². The number of carbonyl (C=O) groups excluding carboxylic acids is 3. The Morgan fingerprint density at radius 1 is 0.296 bits per heavy atom. The Labute approximate surface area is 438 Å². The highest BCUT2D eigenvalue weighted by atomic mass is 16.6. The lowest BCUT2D eigenvalue weighted by Crippen LogP contribution is -2.30. The molecule has 406 valence electrons. The summed E-state index contributed by atoms with van der Waals surface area (Å²) >= 11 is 0. The average molecular weight is 988 g/mol. The third-order valence-corrected chi connectivity index (χ3v) is 12.5. The second-order valence-corrected chi connectivity index (χ2v) is 19.5. The third-order valence-electron chi connectivity index (χ3n) is 12.5. The molecule has 0 fully saturated rings. The van der Waals surface area contributed by atoms with Crippen molar-refractivity contribution < 1.29 is 28.6 Å². The van der Waals surface area contributed by atoms with E-state index in [4.69, 9.17) is 14.2 Å². The van der Waals surface area contributed by atoms with Crippen molar-refractivity contribution >= 4 is 17.9 Å². The maximum atomic E-state index is 12.9. The van der Waals surface area contributed by atoms with Gasteiger partial charge in [-0.15, -0.1) is 0 Å². The van der Waals surface area contributed by atoms with E-state index >= 15 is 0 Å². The minimum Gasteiger partial charge on any atom is -0.462 e. The van der Waals surface area contributed by atoms with Crippen LogP contribution in [0.5, 0.6) is 0 Å². The van der Waals surface area contributed by atoms with Crippen LogP contribution in [0, 0.1) is 0 Å². The molecule has 6 heteroatoms. The number of hydrogen-bond donors (Lipinski definition) is 0. The standard InChI is InChI=1S/C65H110O6/c1-4-7-10-13-16-19-22-25-28-31-32-35-37-40-43-46-49-52-55-58-64(67)70-61-62(71-65(68)59-56-53-50-47-44-41-38-34-30-27-24-21-18-15-12-9-6-3)60-69-63(66)57-54-51-48-45-42-39-36-33-29-26-23-20-17-14-11-8-5-2/h9,12,16,18-19,21,25-30,32,35,38,41,62H,4-8,10-11,13-15,17,20,22-24,31,33-34,36-37,39-40,42-61H2,1-3H3/b12-9-,19-16-,21-18-,28-25-,29-26-,30-27-,35-32-,41-38-. The zero-order valence-corrected chi connectivity index (χ0v) is 46.5. The molecule has 0 saturated heterocycles. The van der Waals surface area contributed by atoms with E-state index in [2.05, 4.69) is 118 Å². The summed E-state index contributed by atoms with van der Waals surface area (Å²) in [5.74, 6) is -0.930. The van der Waals surface area contributed by atoms with Crippen molar-refractivity contribution in [2.45, 2.75) is 284 Å². The summed E-state index contributed by atoms with van der Waals surface area (Å²) in [6.07, 6.45) is 78.2. The Bertz CT molecular complexity index is 1410. The fourth-order valence-corrected chi connectivity index (χ4v) is 8.08. The summed E-state index contributed by atoms with van der Waals surface area (Å²) in [6, 6.07) is 0. The molecule has 1 atom stereocenters. The molecule has 0 aromatic heterocycles. The second-order valence-electron chi connectivity index (χ2n) is 19.5. The predicted molar refractivity (Wildman–Crippen MR) is 307 cm³/mol. The Kier molecular flexibility index (Phi) is 55.9. The summed E-state index contributed by atoms with van der Waals surface area (Å²) in [4.78, 5) is 38.2. The molecule has 0 aliphatic rings. The van der Waals surface area contributed by atoms with Crippen LogP contribution in [-0.4, -0.2) is 37.2 Å². The quantitative estimate of drug-likeness (QED) is 0.0261. The molecule has 0 saturated carbocycles. The Hall–Kier alpha value is -3.67. The van der Waals surface area contributed by atoms with Gasteiger partial charge in [0.2, 0.25) is 0 Å². The van der Waals surface area contributed by atoms with Gasteiger partial charge < -0.3 is 14.2 Å². The molecule has 0 bridgehead atoms. The van der Waals surface area contributed by atoms with Gasteiger partial charge in [0.15, 0.2) is 6.10 Å². The fraction of sp³-hybridized carbons (Fsp3) is 0.708. The van der Waals surface area contributed by atoms with Crippen molar-refractivity contribution in [1.29, 1.82) is 0 Å². The zero-order valence-electron chi connectivity index (χ0n) is 46.5. The molecule has 0 N–H and O–H groups in total. The van der Waals surface area contributed by atoms with E-state index in [1.807, 2.05) is 0 Å². The van der Waals surface area contributed by atoms with E-state index < -0.39 is 6.10 Å². The van der Waals surface area contributed by atoms with Crippen molar-refractivity contribution in [1.82, 2.24) is 0 Å². The Morgan fingerprint density at radius 2 is 0.549 bits per heavy atom. The molecule has 0 amide bonds. The number of carbonyl (C=O) groups is 3. The fourth-order valence-electron chi connectivity index (χ4n) is 8.08. The number of allylic oxidation sites excluding steroid dienone is 16. The van der Waals surface area contributed by atoms with Gasteiger partial charge in [0.05, 0.1) is 0 Å². The van der Waals surface area contributed by atoms with Gasteiger partial charge in [-0.3, -0.25) is 14.4 Å². The van der Waals surface area contributed by atoms with E-state index in [1.165, 1.54) is 122 Å². The maximum Gasteiger partial charge on any atom is 0.306 e. The van der Waals surface area contributed by atoms with Gasteiger partial charge in [-0.25, -0.2) is 0 Å². The highest BCUT2D eigenvalue weighted by Crippen LogP contribution is 2.14. The monoisotopic (exact) mass is 987 g/mol. The van der Waals surface area contributed by atoms with Gasteiger partial charge in [-0.05, 0) is 122 Å². The van der Waals surface area contributed by atoms with Gasteiger partial charge in [0.25, 0.3) is 0 Å². The number of ether oxygens (including phenoxy) is 3. The molecule has 0 spiro atoms. The third kappa shape index (κ3) is 57.1. The lowest BCUT2D eigenvalue weighted by Gasteiger charge is -2.18. The van der Waals surface area contributed by atoms with Crippen molar-refractivity contribution in [3.05, 3.63) is 97.2 Å². The maximum absolute atomic E-state index is 12.9. The first-order valence-corrected chi connectivity index (χ1v) is 29.7. The smallest absolute Gasteiger partial charge is 0.306 e. The van der Waals surface area contributed by atoms with Crippen molar-refractivity contribution in [3.63, 3.8) is 0 Å². The lowest BCUT2D eigenvalue weighted by molar-refractivity contribution is -0.167. The largest absolute Gasteiger partial charge is 0.462 e. The highest BCUT2D eigenvalue weighted by molar-refractivity contribution is 5.71. The average Bonchev–Trinajstić information content (AvgIpc) is 3.37. The number of unbranched alkanes of at least 4 members (excludes halogenated alkanes) is 26. The summed E-state index contributed by atoms with van der Waals surface area (Å²) in [6.45, 7) is 6.47. The van der Waals surface area contributed by atoms with Crippen LogP contribution in [-0.2, 0) is 28.6 Å². The second kappa shape index (κ2) is 58.9. The van der Waals surface area contributed by atoms with E-state index in [-0.39, 0.29) is 31.1 Å². The van der Waals surface area contributed by atoms with Gasteiger partial charge in [-0.2, -0.15) is 0 Å². The molecule has 0 aromatic carbocycles. The normalized spacial score (nSPS) is 12.8. The minimum absolute atomic E-state index is 0.0944. The van der Waals surface area contributed by atoms with Gasteiger partial charge in [-0.1, -0.05) is 234 Å². The van der Waals surface area contributed by atoms with Gasteiger partial charge in [0.1, 0.15) is 13.2 Å². The van der Waals surface area contributed by atoms with E-state index in [1.54, 1.807) is 0 Å². The first-order chi connectivity index (χ1) is 35.0. The molecule has 0 aromatic rings. The summed E-state index contributed by atoms with van der Waals surface area (Å²) in [7, 11) is 0. The topological polar surface area (TPSA) is 78.9 Å². The lowest BCUT2D eigenvalue weighted by atomic mass is 10.1. The first-order valence-electron chi connectivity index (χ1n) is 29.7. The molecule has 0 aliphatic heterocycles. The highest BCUT2D eigenvalue weighted by Gasteiger charge is 2.19. The number of esters is 3. The molecule has 0 radical (unpaired) electrons. The minimum atomic E-state index is -0.800. The van der Waals surface area contributed by atoms with Crippen molar-refractivity contribution in [3.8, 4) is 0 Å².